The molecule has 0 aliphatic carbocycles. The molecule has 0 atom stereocenters. The predicted molar refractivity (Wildman–Crippen MR) is 103 cm³/mol. The van der Waals surface area contributed by atoms with Gasteiger partial charge in [-0.05, 0) is 37.5 Å². The Hall–Kier alpha value is -1.55. The van der Waals surface area contributed by atoms with E-state index < -0.39 is 0 Å². The lowest BCUT2D eigenvalue weighted by atomic mass is 10.1. The van der Waals surface area contributed by atoms with Crippen LogP contribution in [0.2, 0.25) is 0 Å². The van der Waals surface area contributed by atoms with Crippen LogP contribution in [0.25, 0.3) is 0 Å². The molecule has 0 bridgehead atoms. The molecule has 0 spiro atoms. The van der Waals surface area contributed by atoms with Gasteiger partial charge in [-0.2, -0.15) is 5.26 Å². The molecule has 0 heterocycles. The topological polar surface area (TPSA) is 51.4 Å². The first-order valence-electron chi connectivity index (χ1n) is 7.30. The van der Waals surface area contributed by atoms with Gasteiger partial charge >= 0.3 is 0 Å². The van der Waals surface area contributed by atoms with Gasteiger partial charge in [0.1, 0.15) is 0 Å². The Balaban J connectivity index is 0.00000441. The monoisotopic (exact) mass is 412 g/mol. The molecule has 1 rings (SSSR count). The molecule has 0 unspecified atom stereocenters. The highest BCUT2D eigenvalue weighted by Crippen LogP contribution is 2.06. The molecule has 1 aromatic rings. The van der Waals surface area contributed by atoms with E-state index in [9.17, 15) is 0 Å². The van der Waals surface area contributed by atoms with Crippen LogP contribution < -0.4 is 5.32 Å². The standard InChI is InChI=1S/C17H24N4.HI/c1-4-6-7-11-21(3)17(19-5-2)20-14-16-10-8-9-15(12-16)13-18;/h4,8-10,12H,1,5-7,11,14H2,2-3H3,(H,19,20);1H. The van der Waals surface area contributed by atoms with Gasteiger partial charge in [-0.3, -0.25) is 0 Å². The highest BCUT2D eigenvalue weighted by atomic mass is 127. The number of hydrogen-bond donors (Lipinski definition) is 1. The van der Waals surface area contributed by atoms with Crippen LogP contribution in [-0.2, 0) is 6.54 Å². The Kier molecular flexibility index (Phi) is 11.2. The molecule has 0 saturated heterocycles. The van der Waals surface area contributed by atoms with Crippen molar-refractivity contribution in [2.24, 2.45) is 4.99 Å². The quantitative estimate of drug-likeness (QED) is 0.245. The fourth-order valence-corrected chi connectivity index (χ4v) is 1.95. The van der Waals surface area contributed by atoms with E-state index in [1.165, 1.54) is 0 Å². The molecular weight excluding hydrogens is 387 g/mol. The van der Waals surface area contributed by atoms with Gasteiger partial charge in [-0.25, -0.2) is 4.99 Å². The zero-order valence-corrected chi connectivity index (χ0v) is 15.7. The SMILES string of the molecule is C=CCCCN(C)C(=NCc1cccc(C#N)c1)NCC.I. The number of nitriles is 1. The summed E-state index contributed by atoms with van der Waals surface area (Å²) >= 11 is 0. The molecule has 0 amide bonds. The van der Waals surface area contributed by atoms with Crippen LogP contribution in [0.1, 0.15) is 30.9 Å². The number of nitrogens with one attached hydrogen (secondary N) is 1. The first kappa shape index (κ1) is 20.5. The van der Waals surface area contributed by atoms with E-state index in [0.29, 0.717) is 12.1 Å². The van der Waals surface area contributed by atoms with E-state index >= 15 is 0 Å². The van der Waals surface area contributed by atoms with Crippen molar-refractivity contribution in [3.05, 3.63) is 48.0 Å². The molecule has 22 heavy (non-hydrogen) atoms. The van der Waals surface area contributed by atoms with Gasteiger partial charge in [0.2, 0.25) is 0 Å². The zero-order valence-electron chi connectivity index (χ0n) is 13.4. The molecular formula is C17H25IN4. The molecule has 0 aromatic heterocycles. The van der Waals surface area contributed by atoms with E-state index in [0.717, 1.165) is 37.5 Å². The third kappa shape index (κ3) is 7.46. The van der Waals surface area contributed by atoms with Crippen molar-refractivity contribution in [1.82, 2.24) is 10.2 Å². The minimum absolute atomic E-state index is 0. The van der Waals surface area contributed by atoms with E-state index in [4.69, 9.17) is 5.26 Å². The predicted octanol–water partition coefficient (Wildman–Crippen LogP) is 3.54. The van der Waals surface area contributed by atoms with Crippen LogP contribution >= 0.6 is 24.0 Å². The van der Waals surface area contributed by atoms with E-state index in [1.54, 1.807) is 6.07 Å². The first-order chi connectivity index (χ1) is 10.2. The number of aliphatic imine (C=N–C) groups is 1. The highest BCUT2D eigenvalue weighted by molar-refractivity contribution is 14.0. The van der Waals surface area contributed by atoms with Crippen molar-refractivity contribution in [3.8, 4) is 6.07 Å². The maximum Gasteiger partial charge on any atom is 0.193 e. The second-order valence-electron chi connectivity index (χ2n) is 4.83. The third-order valence-corrected chi connectivity index (χ3v) is 3.07. The lowest BCUT2D eigenvalue weighted by Gasteiger charge is -2.21. The average Bonchev–Trinajstić information content (AvgIpc) is 2.51. The maximum absolute atomic E-state index is 8.92. The summed E-state index contributed by atoms with van der Waals surface area (Å²) in [6, 6.07) is 9.72. The molecule has 4 nitrogen and oxygen atoms in total. The van der Waals surface area contributed by atoms with Crippen LogP contribution in [0.15, 0.2) is 41.9 Å². The van der Waals surface area contributed by atoms with Gasteiger partial charge in [-0.1, -0.05) is 18.2 Å². The summed E-state index contributed by atoms with van der Waals surface area (Å²) in [6.45, 7) is 8.15. The molecule has 1 aromatic carbocycles. The number of unbranched alkanes of at least 4 members (excludes halogenated alkanes) is 1. The van der Waals surface area contributed by atoms with Gasteiger partial charge in [-0.15, -0.1) is 30.6 Å². The second kappa shape index (κ2) is 12.0. The van der Waals surface area contributed by atoms with Crippen LogP contribution in [-0.4, -0.2) is 31.0 Å². The van der Waals surface area contributed by atoms with Crippen molar-refractivity contribution >= 4 is 29.9 Å². The largest absolute Gasteiger partial charge is 0.357 e. The van der Waals surface area contributed by atoms with E-state index in [1.807, 2.05) is 31.3 Å². The Morgan fingerprint density at radius 3 is 2.91 bits per heavy atom. The van der Waals surface area contributed by atoms with Crippen LogP contribution in [0.5, 0.6) is 0 Å². The summed E-state index contributed by atoms with van der Waals surface area (Å²) in [7, 11) is 2.04. The normalized spacial score (nSPS) is 10.3. The van der Waals surface area contributed by atoms with E-state index in [-0.39, 0.29) is 24.0 Å². The van der Waals surface area contributed by atoms with E-state index in [2.05, 4.69) is 34.8 Å². The van der Waals surface area contributed by atoms with Crippen molar-refractivity contribution < 1.29 is 0 Å². The summed E-state index contributed by atoms with van der Waals surface area (Å²) < 4.78 is 0. The molecule has 0 fully saturated rings. The number of halogens is 1. The molecule has 5 heteroatoms. The smallest absolute Gasteiger partial charge is 0.193 e. The molecule has 0 radical (unpaired) electrons. The van der Waals surface area contributed by atoms with Crippen LogP contribution in [0, 0.1) is 11.3 Å². The summed E-state index contributed by atoms with van der Waals surface area (Å²) in [5.74, 6) is 0.893. The average molecular weight is 412 g/mol. The Morgan fingerprint density at radius 1 is 1.50 bits per heavy atom. The highest BCUT2D eigenvalue weighted by Gasteiger charge is 2.04. The maximum atomic E-state index is 8.92. The fraction of sp³-hybridized carbons (Fsp3) is 0.412. The lowest BCUT2D eigenvalue weighted by Crippen LogP contribution is -2.39. The number of allylic oxidation sites excluding steroid dienone is 1. The zero-order chi connectivity index (χ0) is 15.5. The third-order valence-electron chi connectivity index (χ3n) is 3.07. The van der Waals surface area contributed by atoms with Crippen molar-refractivity contribution in [1.29, 1.82) is 5.26 Å². The first-order valence-corrected chi connectivity index (χ1v) is 7.30. The summed E-state index contributed by atoms with van der Waals surface area (Å²) in [5.41, 5.74) is 1.72. The summed E-state index contributed by atoms with van der Waals surface area (Å²) in [6.07, 6.45) is 4.01. The number of guanidine groups is 1. The van der Waals surface area contributed by atoms with Crippen LogP contribution in [0.3, 0.4) is 0 Å². The molecule has 0 aliphatic heterocycles. The van der Waals surface area contributed by atoms with Gasteiger partial charge in [0.05, 0.1) is 18.2 Å². The van der Waals surface area contributed by atoms with Gasteiger partial charge in [0.25, 0.3) is 0 Å². The molecule has 0 aliphatic rings. The Morgan fingerprint density at radius 2 is 2.27 bits per heavy atom. The summed E-state index contributed by atoms with van der Waals surface area (Å²) in [4.78, 5) is 6.76. The molecule has 0 saturated carbocycles. The lowest BCUT2D eigenvalue weighted by molar-refractivity contribution is 0.470. The Labute approximate surface area is 150 Å². The number of benzene rings is 1. The minimum atomic E-state index is 0. The summed E-state index contributed by atoms with van der Waals surface area (Å²) in [5, 5.41) is 12.2. The molecule has 1 N–H and O–H groups in total. The van der Waals surface area contributed by atoms with Gasteiger partial charge in [0, 0.05) is 20.1 Å². The molecule has 120 valence electrons. The van der Waals surface area contributed by atoms with Crippen molar-refractivity contribution in [3.63, 3.8) is 0 Å². The fourth-order valence-electron chi connectivity index (χ4n) is 1.95. The van der Waals surface area contributed by atoms with Gasteiger partial charge in [0.15, 0.2) is 5.96 Å². The number of rotatable bonds is 7. The Bertz CT molecular complexity index is 520. The van der Waals surface area contributed by atoms with Crippen molar-refractivity contribution in [2.45, 2.75) is 26.3 Å². The number of nitrogens with zero attached hydrogens (tertiary/aromatic N) is 3. The van der Waals surface area contributed by atoms with Crippen LogP contribution in [0.4, 0.5) is 0 Å². The number of hydrogen-bond acceptors (Lipinski definition) is 2. The minimum Gasteiger partial charge on any atom is -0.357 e. The van der Waals surface area contributed by atoms with Gasteiger partial charge < -0.3 is 10.2 Å². The second-order valence-corrected chi connectivity index (χ2v) is 4.83. The van der Waals surface area contributed by atoms with Crippen molar-refractivity contribution in [2.75, 3.05) is 20.1 Å².